The summed E-state index contributed by atoms with van der Waals surface area (Å²) in [5, 5.41) is 1.99. The standard InChI is InChI=1S/C16H13BrClN/c1-10-13(8-11-4-2-3-5-15(11)17)14-9-12(18)6-7-16(14)19-10/h2-7,9,19H,8H2,1H3. The summed E-state index contributed by atoms with van der Waals surface area (Å²) in [4.78, 5) is 3.42. The van der Waals surface area contributed by atoms with Crippen LogP contribution in [-0.4, -0.2) is 4.98 Å². The molecule has 3 aromatic rings. The van der Waals surface area contributed by atoms with Crippen LogP contribution in [-0.2, 0) is 6.42 Å². The summed E-state index contributed by atoms with van der Waals surface area (Å²) in [5.41, 5.74) is 4.94. The third-order valence-corrected chi connectivity index (χ3v) is 4.42. The fourth-order valence-corrected chi connectivity index (χ4v) is 3.01. The lowest BCUT2D eigenvalue weighted by Crippen LogP contribution is -1.90. The van der Waals surface area contributed by atoms with Crippen LogP contribution < -0.4 is 0 Å². The fourth-order valence-electron chi connectivity index (χ4n) is 2.41. The molecule has 1 nitrogen and oxygen atoms in total. The molecule has 0 bridgehead atoms. The van der Waals surface area contributed by atoms with Crippen molar-refractivity contribution < 1.29 is 0 Å². The predicted molar refractivity (Wildman–Crippen MR) is 85.0 cm³/mol. The summed E-state index contributed by atoms with van der Waals surface area (Å²) in [7, 11) is 0. The minimum atomic E-state index is 0.778. The molecule has 0 aliphatic carbocycles. The number of halogens is 2. The first-order valence-corrected chi connectivity index (χ1v) is 7.32. The van der Waals surface area contributed by atoms with Crippen LogP contribution in [0.15, 0.2) is 46.9 Å². The molecule has 0 aliphatic rings. The van der Waals surface area contributed by atoms with E-state index < -0.39 is 0 Å². The van der Waals surface area contributed by atoms with E-state index in [9.17, 15) is 0 Å². The van der Waals surface area contributed by atoms with Gasteiger partial charge in [-0.1, -0.05) is 45.7 Å². The van der Waals surface area contributed by atoms with Gasteiger partial charge in [0.05, 0.1) is 0 Å². The molecule has 0 unspecified atom stereocenters. The lowest BCUT2D eigenvalue weighted by molar-refractivity contribution is 1.14. The van der Waals surface area contributed by atoms with E-state index in [1.54, 1.807) is 0 Å². The van der Waals surface area contributed by atoms with Gasteiger partial charge in [0.2, 0.25) is 0 Å². The van der Waals surface area contributed by atoms with Crippen molar-refractivity contribution in [3.63, 3.8) is 0 Å². The normalized spacial score (nSPS) is 11.1. The van der Waals surface area contributed by atoms with Crippen molar-refractivity contribution in [3.05, 3.63) is 68.8 Å². The van der Waals surface area contributed by atoms with E-state index in [0.717, 1.165) is 21.4 Å². The van der Waals surface area contributed by atoms with Gasteiger partial charge in [-0.2, -0.15) is 0 Å². The largest absolute Gasteiger partial charge is 0.358 e. The third kappa shape index (κ3) is 2.43. The first-order chi connectivity index (χ1) is 9.15. The minimum absolute atomic E-state index is 0.778. The van der Waals surface area contributed by atoms with Crippen LogP contribution >= 0.6 is 27.5 Å². The monoisotopic (exact) mass is 333 g/mol. The molecule has 3 heteroatoms. The van der Waals surface area contributed by atoms with Gasteiger partial charge >= 0.3 is 0 Å². The molecule has 3 rings (SSSR count). The second kappa shape index (κ2) is 5.03. The Balaban J connectivity index is 2.12. The molecule has 1 heterocycles. The number of fused-ring (bicyclic) bond motifs is 1. The smallest absolute Gasteiger partial charge is 0.0460 e. The highest BCUT2D eigenvalue weighted by atomic mass is 79.9. The van der Waals surface area contributed by atoms with Gasteiger partial charge in [0, 0.05) is 32.5 Å². The Morgan fingerprint density at radius 3 is 2.74 bits per heavy atom. The van der Waals surface area contributed by atoms with Crippen molar-refractivity contribution in [1.82, 2.24) is 4.98 Å². The second-order valence-corrected chi connectivity index (χ2v) is 5.98. The average molecular weight is 335 g/mol. The molecule has 1 N–H and O–H groups in total. The fraction of sp³-hybridized carbons (Fsp3) is 0.125. The van der Waals surface area contributed by atoms with Gasteiger partial charge in [-0.15, -0.1) is 0 Å². The molecule has 19 heavy (non-hydrogen) atoms. The Morgan fingerprint density at radius 2 is 1.95 bits per heavy atom. The van der Waals surface area contributed by atoms with E-state index in [-0.39, 0.29) is 0 Å². The molecule has 0 aliphatic heterocycles. The molecule has 1 aromatic heterocycles. The maximum atomic E-state index is 6.11. The highest BCUT2D eigenvalue weighted by Crippen LogP contribution is 2.29. The maximum Gasteiger partial charge on any atom is 0.0460 e. The molecule has 0 fully saturated rings. The van der Waals surface area contributed by atoms with Crippen LogP contribution in [0.25, 0.3) is 10.9 Å². The highest BCUT2D eigenvalue weighted by Gasteiger charge is 2.10. The number of hydrogen-bond acceptors (Lipinski definition) is 0. The Morgan fingerprint density at radius 1 is 1.16 bits per heavy atom. The zero-order valence-electron chi connectivity index (χ0n) is 10.5. The molecule has 0 amide bonds. The van der Waals surface area contributed by atoms with Crippen molar-refractivity contribution in [2.45, 2.75) is 13.3 Å². The Labute approximate surface area is 125 Å². The van der Waals surface area contributed by atoms with Crippen LogP contribution in [0.3, 0.4) is 0 Å². The summed E-state index contributed by atoms with van der Waals surface area (Å²) in [5.74, 6) is 0. The van der Waals surface area contributed by atoms with Gasteiger partial charge in [0.1, 0.15) is 0 Å². The van der Waals surface area contributed by atoms with Crippen molar-refractivity contribution in [3.8, 4) is 0 Å². The number of rotatable bonds is 2. The number of benzene rings is 2. The number of aryl methyl sites for hydroxylation is 1. The summed E-state index contributed by atoms with van der Waals surface area (Å²) in [6.07, 6.45) is 0.896. The molecular weight excluding hydrogens is 322 g/mol. The van der Waals surface area contributed by atoms with E-state index >= 15 is 0 Å². The third-order valence-electron chi connectivity index (χ3n) is 3.41. The number of hydrogen-bond donors (Lipinski definition) is 1. The summed E-state index contributed by atoms with van der Waals surface area (Å²) in [6, 6.07) is 14.3. The zero-order chi connectivity index (χ0) is 13.4. The van der Waals surface area contributed by atoms with Crippen molar-refractivity contribution >= 4 is 38.4 Å². The molecule has 2 aromatic carbocycles. The van der Waals surface area contributed by atoms with Crippen LogP contribution in [0, 0.1) is 6.92 Å². The first kappa shape index (κ1) is 12.8. The van der Waals surface area contributed by atoms with Gasteiger partial charge in [0.25, 0.3) is 0 Å². The van der Waals surface area contributed by atoms with Gasteiger partial charge in [0.15, 0.2) is 0 Å². The Hall–Kier alpha value is -1.25. The Kier molecular flexibility index (Phi) is 3.38. The summed E-state index contributed by atoms with van der Waals surface area (Å²) in [6.45, 7) is 2.11. The molecular formula is C16H13BrClN. The minimum Gasteiger partial charge on any atom is -0.358 e. The number of nitrogens with one attached hydrogen (secondary N) is 1. The van der Waals surface area contributed by atoms with E-state index in [2.05, 4.69) is 46.0 Å². The molecule has 96 valence electrons. The number of aromatic amines is 1. The topological polar surface area (TPSA) is 15.8 Å². The number of H-pyrrole nitrogens is 1. The molecule has 0 radical (unpaired) electrons. The van der Waals surface area contributed by atoms with Gasteiger partial charge in [-0.05, 0) is 42.3 Å². The van der Waals surface area contributed by atoms with Crippen molar-refractivity contribution in [2.24, 2.45) is 0 Å². The van der Waals surface area contributed by atoms with E-state index in [1.807, 2.05) is 24.3 Å². The Bertz CT molecular complexity index is 746. The maximum absolute atomic E-state index is 6.11. The van der Waals surface area contributed by atoms with Crippen LogP contribution in [0.4, 0.5) is 0 Å². The van der Waals surface area contributed by atoms with Gasteiger partial charge in [-0.3, -0.25) is 0 Å². The molecule has 0 saturated carbocycles. The molecule has 0 saturated heterocycles. The zero-order valence-corrected chi connectivity index (χ0v) is 12.8. The molecule has 0 atom stereocenters. The second-order valence-electron chi connectivity index (χ2n) is 4.69. The quantitative estimate of drug-likeness (QED) is 0.638. The highest BCUT2D eigenvalue weighted by molar-refractivity contribution is 9.10. The summed E-state index contributed by atoms with van der Waals surface area (Å²) < 4.78 is 1.14. The lowest BCUT2D eigenvalue weighted by atomic mass is 10.0. The van der Waals surface area contributed by atoms with Crippen molar-refractivity contribution in [2.75, 3.05) is 0 Å². The SMILES string of the molecule is Cc1[nH]c2ccc(Cl)cc2c1Cc1ccccc1Br. The van der Waals surface area contributed by atoms with Crippen molar-refractivity contribution in [1.29, 1.82) is 0 Å². The predicted octanol–water partition coefficient (Wildman–Crippen LogP) is 5.48. The first-order valence-electron chi connectivity index (χ1n) is 6.15. The molecule has 0 spiro atoms. The van der Waals surface area contributed by atoms with Crippen LogP contribution in [0.1, 0.15) is 16.8 Å². The van der Waals surface area contributed by atoms with Gasteiger partial charge in [-0.25, -0.2) is 0 Å². The summed E-state index contributed by atoms with van der Waals surface area (Å²) >= 11 is 9.72. The van der Waals surface area contributed by atoms with Gasteiger partial charge < -0.3 is 4.98 Å². The van der Waals surface area contributed by atoms with E-state index in [0.29, 0.717) is 0 Å². The van der Waals surface area contributed by atoms with E-state index in [1.165, 1.54) is 22.2 Å². The van der Waals surface area contributed by atoms with Crippen LogP contribution in [0.2, 0.25) is 5.02 Å². The van der Waals surface area contributed by atoms with Crippen LogP contribution in [0.5, 0.6) is 0 Å². The number of aromatic nitrogens is 1. The average Bonchev–Trinajstić information content (AvgIpc) is 2.69. The lowest BCUT2D eigenvalue weighted by Gasteiger charge is -2.05. The van der Waals surface area contributed by atoms with E-state index in [4.69, 9.17) is 11.6 Å².